The quantitative estimate of drug-likeness (QED) is 0.811. The number of hydrogen-bond donors (Lipinski definition) is 1. The molecule has 0 aliphatic heterocycles. The predicted octanol–water partition coefficient (Wildman–Crippen LogP) is 3.33. The lowest BCUT2D eigenvalue weighted by Gasteiger charge is -2.20. The molecule has 2 aliphatic carbocycles. The maximum absolute atomic E-state index is 11.9. The number of carbonyl (C=O) groups excluding carboxylic acids is 2. The zero-order valence-corrected chi connectivity index (χ0v) is 13.8. The summed E-state index contributed by atoms with van der Waals surface area (Å²) in [6, 6.07) is 7.29. The molecule has 1 aromatic rings. The maximum atomic E-state index is 11.9. The van der Waals surface area contributed by atoms with Gasteiger partial charge >= 0.3 is 5.97 Å². The Labute approximate surface area is 141 Å². The summed E-state index contributed by atoms with van der Waals surface area (Å²) < 4.78 is 5.11. The first-order valence-corrected chi connectivity index (χ1v) is 8.64. The van der Waals surface area contributed by atoms with Gasteiger partial charge in [0.15, 0.2) is 6.61 Å². The maximum Gasteiger partial charge on any atom is 0.306 e. The van der Waals surface area contributed by atoms with Crippen LogP contribution in [0.3, 0.4) is 0 Å². The molecule has 2 aliphatic rings. The summed E-state index contributed by atoms with van der Waals surface area (Å²) in [5, 5.41) is 3.36. The van der Waals surface area contributed by atoms with E-state index in [4.69, 9.17) is 16.3 Å². The number of esters is 1. The molecule has 2 fully saturated rings. The summed E-state index contributed by atoms with van der Waals surface area (Å²) in [7, 11) is 0. The van der Waals surface area contributed by atoms with E-state index in [1.54, 1.807) is 12.1 Å². The zero-order valence-electron chi connectivity index (χ0n) is 13.1. The van der Waals surface area contributed by atoms with E-state index in [2.05, 4.69) is 5.32 Å². The molecule has 3 atom stereocenters. The molecule has 3 rings (SSSR count). The highest BCUT2D eigenvalue weighted by Crippen LogP contribution is 2.49. The molecule has 1 N–H and O–H groups in total. The normalized spacial score (nSPS) is 25.3. The third kappa shape index (κ3) is 4.47. The van der Waals surface area contributed by atoms with E-state index >= 15 is 0 Å². The number of halogens is 1. The van der Waals surface area contributed by atoms with E-state index in [-0.39, 0.29) is 18.5 Å². The van der Waals surface area contributed by atoms with Crippen LogP contribution in [0.15, 0.2) is 24.3 Å². The molecule has 0 aromatic heterocycles. The van der Waals surface area contributed by atoms with Crippen LogP contribution in [0.25, 0.3) is 0 Å². The van der Waals surface area contributed by atoms with Crippen molar-refractivity contribution in [2.24, 2.45) is 17.8 Å². The van der Waals surface area contributed by atoms with Crippen LogP contribution < -0.4 is 5.32 Å². The SMILES string of the molecule is O=C(COC(=O)C[C@H]1C[C@H]2CC[C@@H]1C2)NCc1cccc(Cl)c1. The van der Waals surface area contributed by atoms with Gasteiger partial charge in [0.25, 0.3) is 5.91 Å². The van der Waals surface area contributed by atoms with E-state index in [0.717, 1.165) is 17.9 Å². The molecule has 0 heterocycles. The Morgan fingerprint density at radius 2 is 2.13 bits per heavy atom. The fraction of sp³-hybridized carbons (Fsp3) is 0.556. The van der Waals surface area contributed by atoms with E-state index < -0.39 is 0 Å². The molecule has 0 radical (unpaired) electrons. The molecular formula is C18H22ClNO3. The second-order valence-corrected chi connectivity index (χ2v) is 7.14. The van der Waals surface area contributed by atoms with Crippen LogP contribution in [-0.4, -0.2) is 18.5 Å². The van der Waals surface area contributed by atoms with Crippen LogP contribution in [0.2, 0.25) is 5.02 Å². The largest absolute Gasteiger partial charge is 0.456 e. The molecule has 0 spiro atoms. The lowest BCUT2D eigenvalue weighted by atomic mass is 9.86. The van der Waals surface area contributed by atoms with Gasteiger partial charge in [-0.3, -0.25) is 9.59 Å². The van der Waals surface area contributed by atoms with Gasteiger partial charge in [0, 0.05) is 18.0 Å². The average molecular weight is 336 g/mol. The molecule has 124 valence electrons. The molecule has 1 amide bonds. The van der Waals surface area contributed by atoms with Gasteiger partial charge in [0.05, 0.1) is 0 Å². The van der Waals surface area contributed by atoms with Gasteiger partial charge in [-0.15, -0.1) is 0 Å². The van der Waals surface area contributed by atoms with E-state index in [9.17, 15) is 9.59 Å². The van der Waals surface area contributed by atoms with Crippen LogP contribution >= 0.6 is 11.6 Å². The lowest BCUT2D eigenvalue weighted by Crippen LogP contribution is -2.29. The molecular weight excluding hydrogens is 314 g/mol. The minimum absolute atomic E-state index is 0.208. The van der Waals surface area contributed by atoms with Crippen LogP contribution in [-0.2, 0) is 20.9 Å². The van der Waals surface area contributed by atoms with E-state index in [0.29, 0.717) is 29.8 Å². The number of rotatable bonds is 6. The van der Waals surface area contributed by atoms with Gasteiger partial charge in [0.1, 0.15) is 0 Å². The Balaban J connectivity index is 1.34. The summed E-state index contributed by atoms with van der Waals surface area (Å²) >= 11 is 5.89. The minimum atomic E-state index is -0.286. The number of fused-ring (bicyclic) bond motifs is 2. The smallest absolute Gasteiger partial charge is 0.306 e. The van der Waals surface area contributed by atoms with Crippen molar-refractivity contribution in [3.05, 3.63) is 34.9 Å². The average Bonchev–Trinajstić information content (AvgIpc) is 3.14. The number of amides is 1. The van der Waals surface area contributed by atoms with Gasteiger partial charge in [-0.25, -0.2) is 0 Å². The Hall–Kier alpha value is -1.55. The standard InChI is InChI=1S/C18H22ClNO3/c19-16-3-1-2-13(8-16)10-20-17(21)11-23-18(22)9-15-7-12-4-5-14(15)6-12/h1-3,8,12,14-15H,4-7,9-11H2,(H,20,21)/t12-,14+,15+/m0/s1. The van der Waals surface area contributed by atoms with Crippen molar-refractivity contribution in [2.45, 2.75) is 38.6 Å². The van der Waals surface area contributed by atoms with Gasteiger partial charge in [-0.1, -0.05) is 30.2 Å². The van der Waals surface area contributed by atoms with Crippen LogP contribution in [0.5, 0.6) is 0 Å². The fourth-order valence-corrected chi connectivity index (χ4v) is 4.16. The summed E-state index contributed by atoms with van der Waals surface area (Å²) in [5.74, 6) is 1.45. The van der Waals surface area contributed by atoms with Gasteiger partial charge in [-0.2, -0.15) is 0 Å². The summed E-state index contributed by atoms with van der Waals surface area (Å²) in [6.45, 7) is 0.170. The van der Waals surface area contributed by atoms with Crippen LogP contribution in [0.1, 0.15) is 37.7 Å². The number of benzene rings is 1. The first-order chi connectivity index (χ1) is 11.1. The summed E-state index contributed by atoms with van der Waals surface area (Å²) in [5.41, 5.74) is 0.916. The predicted molar refractivity (Wildman–Crippen MR) is 87.8 cm³/mol. The lowest BCUT2D eigenvalue weighted by molar-refractivity contribution is -0.149. The Kier molecular flexibility index (Phi) is 5.21. The highest BCUT2D eigenvalue weighted by Gasteiger charge is 2.40. The Morgan fingerprint density at radius 3 is 2.83 bits per heavy atom. The van der Waals surface area contributed by atoms with Crippen molar-refractivity contribution in [3.63, 3.8) is 0 Å². The molecule has 5 heteroatoms. The number of carbonyl (C=O) groups is 2. The summed E-state index contributed by atoms with van der Waals surface area (Å²) in [6.07, 6.45) is 5.46. The van der Waals surface area contributed by atoms with Gasteiger partial charge < -0.3 is 10.1 Å². The zero-order chi connectivity index (χ0) is 16.2. The van der Waals surface area contributed by atoms with Crippen LogP contribution in [0, 0.1) is 17.8 Å². The first kappa shape index (κ1) is 16.3. The molecule has 23 heavy (non-hydrogen) atoms. The van der Waals surface area contributed by atoms with E-state index in [1.807, 2.05) is 12.1 Å². The third-order valence-electron chi connectivity index (χ3n) is 5.06. The second kappa shape index (κ2) is 7.35. The molecule has 2 bridgehead atoms. The molecule has 0 unspecified atom stereocenters. The first-order valence-electron chi connectivity index (χ1n) is 8.27. The highest BCUT2D eigenvalue weighted by molar-refractivity contribution is 6.30. The van der Waals surface area contributed by atoms with Crippen molar-refractivity contribution in [1.29, 1.82) is 0 Å². The summed E-state index contributed by atoms with van der Waals surface area (Å²) in [4.78, 5) is 23.6. The number of nitrogens with one attached hydrogen (secondary N) is 1. The second-order valence-electron chi connectivity index (χ2n) is 6.71. The monoisotopic (exact) mass is 335 g/mol. The fourth-order valence-electron chi connectivity index (χ4n) is 3.94. The molecule has 4 nitrogen and oxygen atoms in total. The van der Waals surface area contributed by atoms with Crippen molar-refractivity contribution in [1.82, 2.24) is 5.32 Å². The number of hydrogen-bond acceptors (Lipinski definition) is 3. The van der Waals surface area contributed by atoms with Crippen molar-refractivity contribution >= 4 is 23.5 Å². The van der Waals surface area contributed by atoms with Gasteiger partial charge in [0.2, 0.25) is 0 Å². The van der Waals surface area contributed by atoms with Gasteiger partial charge in [-0.05, 0) is 54.7 Å². The third-order valence-corrected chi connectivity index (χ3v) is 5.29. The number of ether oxygens (including phenoxy) is 1. The minimum Gasteiger partial charge on any atom is -0.456 e. The molecule has 0 saturated heterocycles. The van der Waals surface area contributed by atoms with E-state index in [1.165, 1.54) is 19.3 Å². The van der Waals surface area contributed by atoms with Crippen molar-refractivity contribution in [3.8, 4) is 0 Å². The van der Waals surface area contributed by atoms with Crippen molar-refractivity contribution < 1.29 is 14.3 Å². The van der Waals surface area contributed by atoms with Crippen LogP contribution in [0.4, 0.5) is 0 Å². The topological polar surface area (TPSA) is 55.4 Å². The highest BCUT2D eigenvalue weighted by atomic mass is 35.5. The molecule has 1 aromatic carbocycles. The Bertz CT molecular complexity index is 589. The molecule has 2 saturated carbocycles. The Morgan fingerprint density at radius 1 is 1.26 bits per heavy atom. The van der Waals surface area contributed by atoms with Crippen molar-refractivity contribution in [2.75, 3.05) is 6.61 Å².